The molecule has 1 rings (SSSR count). The van der Waals surface area contributed by atoms with E-state index in [0.29, 0.717) is 11.4 Å². The Hall–Kier alpha value is -0.0800. The molecule has 98 valence electrons. The number of aliphatic hydroxyl groups is 1. The summed E-state index contributed by atoms with van der Waals surface area (Å²) >= 11 is 2.94. The Bertz CT molecular complexity index is 441. The molecule has 0 bridgehead atoms. The third kappa shape index (κ3) is 4.26. The van der Waals surface area contributed by atoms with Crippen LogP contribution in [0.15, 0.2) is 16.3 Å². The van der Waals surface area contributed by atoms with Crippen LogP contribution in [0.1, 0.15) is 11.8 Å². The first kappa shape index (κ1) is 15.0. The second-order valence-electron chi connectivity index (χ2n) is 3.78. The van der Waals surface area contributed by atoms with E-state index < -0.39 is 10.0 Å². The lowest BCUT2D eigenvalue weighted by Gasteiger charge is -2.11. The summed E-state index contributed by atoms with van der Waals surface area (Å²) in [5, 5.41) is 10.7. The third-order valence-electron chi connectivity index (χ3n) is 2.21. The van der Waals surface area contributed by atoms with Gasteiger partial charge in [-0.3, -0.25) is 0 Å². The topological polar surface area (TPSA) is 66.4 Å². The van der Waals surface area contributed by atoms with Gasteiger partial charge in [0.15, 0.2) is 0 Å². The average molecular weight is 295 g/mol. The van der Waals surface area contributed by atoms with Crippen LogP contribution in [0.2, 0.25) is 0 Å². The molecule has 0 radical (unpaired) electrons. The van der Waals surface area contributed by atoms with Crippen molar-refractivity contribution >= 4 is 33.1 Å². The number of sulfonamides is 1. The monoisotopic (exact) mass is 295 g/mol. The minimum atomic E-state index is -3.48. The molecule has 0 fully saturated rings. The van der Waals surface area contributed by atoms with Gasteiger partial charge in [0, 0.05) is 11.4 Å². The minimum absolute atomic E-state index is 0.196. The summed E-state index contributed by atoms with van der Waals surface area (Å²) in [5.41, 5.74) is 0. The van der Waals surface area contributed by atoms with Gasteiger partial charge in [-0.15, -0.1) is 11.3 Å². The van der Waals surface area contributed by atoms with Crippen molar-refractivity contribution in [2.24, 2.45) is 5.92 Å². The molecule has 7 heteroatoms. The van der Waals surface area contributed by atoms with Crippen LogP contribution in [0, 0.1) is 5.92 Å². The maximum atomic E-state index is 12.0. The molecule has 0 amide bonds. The van der Waals surface area contributed by atoms with Crippen molar-refractivity contribution in [2.75, 3.05) is 18.6 Å². The third-order valence-corrected chi connectivity index (χ3v) is 5.66. The zero-order valence-electron chi connectivity index (χ0n) is 9.84. The normalized spacial score (nSPS) is 13.8. The first-order valence-corrected chi connectivity index (χ1v) is 8.92. The first-order valence-electron chi connectivity index (χ1n) is 5.17. The van der Waals surface area contributed by atoms with E-state index in [2.05, 4.69) is 4.72 Å². The van der Waals surface area contributed by atoms with E-state index in [9.17, 15) is 8.42 Å². The molecule has 0 aromatic carbocycles. The lowest BCUT2D eigenvalue weighted by molar-refractivity contribution is 0.282. The lowest BCUT2D eigenvalue weighted by atomic mass is 10.2. The predicted octanol–water partition coefficient (Wildman–Crippen LogP) is 1.52. The molecule has 1 aromatic heterocycles. The summed E-state index contributed by atoms with van der Waals surface area (Å²) in [5.74, 6) is 1.20. The van der Waals surface area contributed by atoms with E-state index in [4.69, 9.17) is 5.11 Å². The zero-order chi connectivity index (χ0) is 12.9. The van der Waals surface area contributed by atoms with Crippen molar-refractivity contribution in [3.8, 4) is 0 Å². The molecule has 1 unspecified atom stereocenters. The van der Waals surface area contributed by atoms with Gasteiger partial charge in [0.1, 0.15) is 0 Å². The molecule has 0 aliphatic heterocycles. The Morgan fingerprint density at radius 1 is 1.59 bits per heavy atom. The van der Waals surface area contributed by atoms with Gasteiger partial charge in [0.05, 0.1) is 11.5 Å². The Balaban J connectivity index is 2.69. The highest BCUT2D eigenvalue weighted by Crippen LogP contribution is 2.21. The number of thioether (sulfide) groups is 1. The fraction of sp³-hybridized carbons (Fsp3) is 0.600. The van der Waals surface area contributed by atoms with Crippen LogP contribution in [0.5, 0.6) is 0 Å². The smallest absolute Gasteiger partial charge is 0.241 e. The number of rotatable bonds is 7. The molecular formula is C10H17NO3S3. The fourth-order valence-corrected chi connectivity index (χ4v) is 4.50. The molecule has 1 aromatic rings. The van der Waals surface area contributed by atoms with Crippen molar-refractivity contribution in [3.05, 3.63) is 16.3 Å². The van der Waals surface area contributed by atoms with Crippen molar-refractivity contribution in [1.82, 2.24) is 4.72 Å². The van der Waals surface area contributed by atoms with E-state index >= 15 is 0 Å². The van der Waals surface area contributed by atoms with E-state index in [-0.39, 0.29) is 17.4 Å². The summed E-state index contributed by atoms with van der Waals surface area (Å²) in [6, 6.07) is 1.53. The van der Waals surface area contributed by atoms with Crippen LogP contribution < -0.4 is 4.72 Å². The second kappa shape index (κ2) is 6.75. The standard InChI is InChI=1S/C10H17NO3S3/c1-8(7-15-2)5-11-17(13,14)10-3-4-16-9(10)6-12/h3-4,8,11-12H,5-7H2,1-2H3. The largest absolute Gasteiger partial charge is 0.391 e. The maximum absolute atomic E-state index is 12.0. The molecule has 0 aliphatic rings. The van der Waals surface area contributed by atoms with Crippen LogP contribution in [0.25, 0.3) is 0 Å². The number of hydrogen-bond acceptors (Lipinski definition) is 5. The van der Waals surface area contributed by atoms with Crippen LogP contribution in [0.4, 0.5) is 0 Å². The Labute approximate surface area is 110 Å². The van der Waals surface area contributed by atoms with E-state index in [1.165, 1.54) is 17.4 Å². The molecule has 0 saturated heterocycles. The predicted molar refractivity (Wildman–Crippen MR) is 73.0 cm³/mol. The highest BCUT2D eigenvalue weighted by atomic mass is 32.2. The van der Waals surface area contributed by atoms with Crippen molar-refractivity contribution in [3.63, 3.8) is 0 Å². The van der Waals surface area contributed by atoms with Crippen LogP contribution in [-0.4, -0.2) is 32.1 Å². The Morgan fingerprint density at radius 3 is 2.88 bits per heavy atom. The first-order chi connectivity index (χ1) is 8.01. The highest BCUT2D eigenvalue weighted by molar-refractivity contribution is 7.98. The molecule has 0 aliphatic carbocycles. The molecule has 4 nitrogen and oxygen atoms in total. The molecular weight excluding hydrogens is 278 g/mol. The average Bonchev–Trinajstić information content (AvgIpc) is 2.76. The summed E-state index contributed by atoms with van der Waals surface area (Å²) in [6.07, 6.45) is 1.99. The quantitative estimate of drug-likeness (QED) is 0.800. The highest BCUT2D eigenvalue weighted by Gasteiger charge is 2.19. The minimum Gasteiger partial charge on any atom is -0.391 e. The van der Waals surface area contributed by atoms with Gasteiger partial charge in [-0.1, -0.05) is 6.92 Å². The molecule has 2 N–H and O–H groups in total. The van der Waals surface area contributed by atoms with Gasteiger partial charge in [-0.05, 0) is 29.4 Å². The van der Waals surface area contributed by atoms with Gasteiger partial charge in [0.2, 0.25) is 10.0 Å². The lowest BCUT2D eigenvalue weighted by Crippen LogP contribution is -2.29. The zero-order valence-corrected chi connectivity index (χ0v) is 12.3. The summed E-state index contributed by atoms with van der Waals surface area (Å²) in [7, 11) is -3.48. The number of thiophene rings is 1. The second-order valence-corrected chi connectivity index (χ2v) is 7.43. The maximum Gasteiger partial charge on any atom is 0.241 e. The van der Waals surface area contributed by atoms with Crippen LogP contribution >= 0.6 is 23.1 Å². The fourth-order valence-electron chi connectivity index (χ4n) is 1.36. The summed E-state index contributed by atoms with van der Waals surface area (Å²) in [6.45, 7) is 2.18. The van der Waals surface area contributed by atoms with Crippen molar-refractivity contribution in [1.29, 1.82) is 0 Å². The van der Waals surface area contributed by atoms with Crippen LogP contribution in [-0.2, 0) is 16.6 Å². The van der Waals surface area contributed by atoms with Gasteiger partial charge in [0.25, 0.3) is 0 Å². The van der Waals surface area contributed by atoms with E-state index in [1.54, 1.807) is 17.1 Å². The number of hydrogen-bond donors (Lipinski definition) is 2. The molecule has 1 heterocycles. The van der Waals surface area contributed by atoms with Gasteiger partial charge in [-0.2, -0.15) is 11.8 Å². The van der Waals surface area contributed by atoms with E-state index in [1.807, 2.05) is 13.2 Å². The number of aliphatic hydroxyl groups excluding tert-OH is 1. The molecule has 0 saturated carbocycles. The van der Waals surface area contributed by atoms with Crippen molar-refractivity contribution < 1.29 is 13.5 Å². The van der Waals surface area contributed by atoms with Crippen molar-refractivity contribution in [2.45, 2.75) is 18.4 Å². The number of nitrogens with one attached hydrogen (secondary N) is 1. The molecule has 0 spiro atoms. The Morgan fingerprint density at radius 2 is 2.29 bits per heavy atom. The summed E-state index contributed by atoms with van der Waals surface area (Å²) in [4.78, 5) is 0.677. The summed E-state index contributed by atoms with van der Waals surface area (Å²) < 4.78 is 26.5. The van der Waals surface area contributed by atoms with Gasteiger partial charge < -0.3 is 5.11 Å². The van der Waals surface area contributed by atoms with Gasteiger partial charge >= 0.3 is 0 Å². The SMILES string of the molecule is CSCC(C)CNS(=O)(=O)c1ccsc1CO. The van der Waals surface area contributed by atoms with Gasteiger partial charge in [-0.25, -0.2) is 13.1 Å². The Kier molecular flexibility index (Phi) is 5.94. The molecule has 1 atom stereocenters. The van der Waals surface area contributed by atoms with Crippen LogP contribution in [0.3, 0.4) is 0 Å². The van der Waals surface area contributed by atoms with E-state index in [0.717, 1.165) is 5.75 Å². The molecule has 17 heavy (non-hydrogen) atoms.